The zero-order valence-corrected chi connectivity index (χ0v) is 15.9. The van der Waals surface area contributed by atoms with Crippen LogP contribution in [0.3, 0.4) is 0 Å². The summed E-state index contributed by atoms with van der Waals surface area (Å²) in [6.45, 7) is 4.07. The first-order valence-electron chi connectivity index (χ1n) is 9.73. The van der Waals surface area contributed by atoms with E-state index in [-0.39, 0.29) is 0 Å². The minimum Gasteiger partial charge on any atom is -0.497 e. The van der Waals surface area contributed by atoms with E-state index >= 15 is 0 Å². The third-order valence-electron chi connectivity index (χ3n) is 5.55. The second-order valence-corrected chi connectivity index (χ2v) is 7.69. The number of benzene rings is 1. The van der Waals surface area contributed by atoms with Crippen molar-refractivity contribution in [1.82, 2.24) is 14.7 Å². The number of hydrogen-bond acceptors (Lipinski definition) is 4. The normalized spacial score (nSPS) is 20.9. The van der Waals surface area contributed by atoms with E-state index in [4.69, 9.17) is 9.47 Å². The van der Waals surface area contributed by atoms with Crippen molar-refractivity contribution in [2.24, 2.45) is 13.0 Å². The van der Waals surface area contributed by atoms with E-state index < -0.39 is 0 Å². The van der Waals surface area contributed by atoms with Crippen molar-refractivity contribution in [3.05, 3.63) is 41.7 Å². The molecular formula is C21H29N3O2. The number of methoxy groups -OCH3 is 1. The van der Waals surface area contributed by atoms with Gasteiger partial charge in [-0.15, -0.1) is 0 Å². The Labute approximate surface area is 155 Å². The van der Waals surface area contributed by atoms with E-state index in [1.165, 1.54) is 43.5 Å². The molecule has 4 rings (SSSR count). The lowest BCUT2D eigenvalue weighted by Crippen LogP contribution is -2.37. The quantitative estimate of drug-likeness (QED) is 0.761. The summed E-state index contributed by atoms with van der Waals surface area (Å²) in [5.41, 5.74) is 2.88. The van der Waals surface area contributed by atoms with Crippen molar-refractivity contribution in [2.45, 2.75) is 38.1 Å². The van der Waals surface area contributed by atoms with Crippen LogP contribution >= 0.6 is 0 Å². The third kappa shape index (κ3) is 4.04. The number of piperidine rings is 1. The van der Waals surface area contributed by atoms with Crippen LogP contribution < -0.4 is 9.47 Å². The number of aromatic nitrogens is 2. The lowest BCUT2D eigenvalue weighted by atomic mass is 9.98. The number of likely N-dealkylation sites (tertiary alicyclic amines) is 1. The van der Waals surface area contributed by atoms with Crippen molar-refractivity contribution in [2.75, 3.05) is 26.8 Å². The van der Waals surface area contributed by atoms with E-state index in [0.29, 0.717) is 5.92 Å². The molecule has 2 aliphatic rings. The van der Waals surface area contributed by atoms with Gasteiger partial charge in [-0.25, -0.2) is 0 Å². The van der Waals surface area contributed by atoms with Gasteiger partial charge < -0.3 is 9.47 Å². The highest BCUT2D eigenvalue weighted by Crippen LogP contribution is 2.41. The SMILES string of the molecule is COc1cccc(OC[C@H]2CCCN(Cc3cnn(C)c3C3CC3)C2)c1. The van der Waals surface area contributed by atoms with Crippen molar-refractivity contribution >= 4 is 0 Å². The van der Waals surface area contributed by atoms with Crippen molar-refractivity contribution in [3.8, 4) is 11.5 Å². The first-order chi connectivity index (χ1) is 12.7. The molecule has 1 aliphatic carbocycles. The lowest BCUT2D eigenvalue weighted by Gasteiger charge is -2.32. The lowest BCUT2D eigenvalue weighted by molar-refractivity contribution is 0.124. The van der Waals surface area contributed by atoms with Crippen LogP contribution in [0.2, 0.25) is 0 Å². The Morgan fingerprint density at radius 2 is 2.04 bits per heavy atom. The van der Waals surface area contributed by atoms with Crippen molar-refractivity contribution < 1.29 is 9.47 Å². The second-order valence-electron chi connectivity index (χ2n) is 7.69. The summed E-state index contributed by atoms with van der Waals surface area (Å²) in [5, 5.41) is 4.51. The van der Waals surface area contributed by atoms with E-state index in [1.54, 1.807) is 7.11 Å². The van der Waals surface area contributed by atoms with Gasteiger partial charge in [0.15, 0.2) is 0 Å². The standard InChI is InChI=1S/C21H29N3O2/c1-23-21(17-8-9-17)18(12-22-23)14-24-10-4-5-16(13-24)15-26-20-7-3-6-19(11-20)25-2/h3,6-7,11-12,16-17H,4-5,8-10,13-15H2,1-2H3/t16-/m0/s1. The fourth-order valence-electron chi connectivity index (χ4n) is 4.07. The maximum absolute atomic E-state index is 6.04. The summed E-state index contributed by atoms with van der Waals surface area (Å²) < 4.78 is 13.4. The summed E-state index contributed by atoms with van der Waals surface area (Å²) in [5.74, 6) is 3.06. The molecule has 2 fully saturated rings. The molecule has 26 heavy (non-hydrogen) atoms. The van der Waals surface area contributed by atoms with E-state index in [2.05, 4.69) is 27.9 Å². The molecule has 0 spiro atoms. The fraction of sp³-hybridized carbons (Fsp3) is 0.571. The molecule has 1 saturated carbocycles. The highest BCUT2D eigenvalue weighted by molar-refractivity contribution is 5.32. The maximum Gasteiger partial charge on any atom is 0.122 e. The van der Waals surface area contributed by atoms with Gasteiger partial charge in [-0.1, -0.05) is 6.07 Å². The molecule has 2 heterocycles. The summed E-state index contributed by atoms with van der Waals surface area (Å²) >= 11 is 0. The minimum atomic E-state index is 0.580. The van der Waals surface area contributed by atoms with Crippen LogP contribution in [-0.4, -0.2) is 41.5 Å². The van der Waals surface area contributed by atoms with Crippen molar-refractivity contribution in [1.29, 1.82) is 0 Å². The van der Waals surface area contributed by atoms with Gasteiger partial charge in [-0.05, 0) is 44.4 Å². The molecule has 0 amide bonds. The Kier molecular flexibility index (Phi) is 5.16. The van der Waals surface area contributed by atoms with Gasteiger partial charge in [0, 0.05) is 49.3 Å². The smallest absolute Gasteiger partial charge is 0.122 e. The fourth-order valence-corrected chi connectivity index (χ4v) is 4.07. The Balaban J connectivity index is 1.32. The number of ether oxygens (including phenoxy) is 2. The van der Waals surface area contributed by atoms with Crippen LogP contribution in [0.4, 0.5) is 0 Å². The van der Waals surface area contributed by atoms with Crippen LogP contribution in [0.25, 0.3) is 0 Å². The average molecular weight is 355 g/mol. The molecule has 1 aromatic carbocycles. The molecule has 140 valence electrons. The topological polar surface area (TPSA) is 39.5 Å². The molecule has 1 atom stereocenters. The summed E-state index contributed by atoms with van der Waals surface area (Å²) in [4.78, 5) is 2.58. The van der Waals surface area contributed by atoms with Gasteiger partial charge in [-0.3, -0.25) is 9.58 Å². The van der Waals surface area contributed by atoms with Crippen LogP contribution in [-0.2, 0) is 13.6 Å². The van der Waals surface area contributed by atoms with E-state index in [0.717, 1.165) is 37.1 Å². The first kappa shape index (κ1) is 17.4. The summed E-state index contributed by atoms with van der Waals surface area (Å²) in [6, 6.07) is 7.88. The molecule has 1 aliphatic heterocycles. The van der Waals surface area contributed by atoms with Gasteiger partial charge >= 0.3 is 0 Å². The van der Waals surface area contributed by atoms with Gasteiger partial charge in [-0.2, -0.15) is 5.10 Å². The minimum absolute atomic E-state index is 0.580. The Hall–Kier alpha value is -2.01. The highest BCUT2D eigenvalue weighted by Gasteiger charge is 2.30. The molecule has 5 nitrogen and oxygen atoms in total. The molecule has 1 aromatic heterocycles. The molecular weight excluding hydrogens is 326 g/mol. The van der Waals surface area contributed by atoms with E-state index in [1.807, 2.05) is 24.3 Å². The Bertz CT molecular complexity index is 739. The number of aryl methyl sites for hydroxylation is 1. The van der Waals surface area contributed by atoms with E-state index in [9.17, 15) is 0 Å². The maximum atomic E-state index is 6.04. The van der Waals surface area contributed by atoms with Gasteiger partial charge in [0.05, 0.1) is 19.9 Å². The largest absolute Gasteiger partial charge is 0.497 e. The number of nitrogens with zero attached hydrogens (tertiary/aromatic N) is 3. The zero-order chi connectivity index (χ0) is 17.9. The van der Waals surface area contributed by atoms with Gasteiger partial charge in [0.1, 0.15) is 11.5 Å². The molecule has 2 aromatic rings. The summed E-state index contributed by atoms with van der Waals surface area (Å²) in [7, 11) is 3.77. The van der Waals surface area contributed by atoms with Crippen molar-refractivity contribution in [3.63, 3.8) is 0 Å². The second kappa shape index (κ2) is 7.70. The Morgan fingerprint density at radius 3 is 2.85 bits per heavy atom. The Morgan fingerprint density at radius 1 is 1.19 bits per heavy atom. The molecule has 0 bridgehead atoms. The average Bonchev–Trinajstić information content (AvgIpc) is 3.44. The predicted molar refractivity (Wildman–Crippen MR) is 102 cm³/mol. The molecule has 0 N–H and O–H groups in total. The van der Waals surface area contributed by atoms with Crippen LogP contribution in [0.1, 0.15) is 42.9 Å². The molecule has 0 unspecified atom stereocenters. The summed E-state index contributed by atoms with van der Waals surface area (Å²) in [6.07, 6.45) is 7.20. The van der Waals surface area contributed by atoms with Crippen LogP contribution in [0, 0.1) is 5.92 Å². The zero-order valence-electron chi connectivity index (χ0n) is 15.9. The highest BCUT2D eigenvalue weighted by atomic mass is 16.5. The molecule has 0 radical (unpaired) electrons. The number of rotatable bonds is 7. The predicted octanol–water partition coefficient (Wildman–Crippen LogP) is 3.60. The van der Waals surface area contributed by atoms with Gasteiger partial charge in [0.2, 0.25) is 0 Å². The number of hydrogen-bond donors (Lipinski definition) is 0. The van der Waals surface area contributed by atoms with Crippen LogP contribution in [0.15, 0.2) is 30.5 Å². The monoisotopic (exact) mass is 355 g/mol. The first-order valence-corrected chi connectivity index (χ1v) is 9.73. The molecule has 5 heteroatoms. The van der Waals surface area contributed by atoms with Gasteiger partial charge in [0.25, 0.3) is 0 Å². The third-order valence-corrected chi connectivity index (χ3v) is 5.55. The van der Waals surface area contributed by atoms with Crippen LogP contribution in [0.5, 0.6) is 11.5 Å². The molecule has 1 saturated heterocycles.